The van der Waals surface area contributed by atoms with Crippen molar-refractivity contribution < 1.29 is 23.5 Å². The average Bonchev–Trinajstić information content (AvgIpc) is 3.42. The summed E-state index contributed by atoms with van der Waals surface area (Å²) in [4.78, 5) is 39.1. The fourth-order valence-corrected chi connectivity index (χ4v) is 4.99. The van der Waals surface area contributed by atoms with Crippen molar-refractivity contribution in [2.45, 2.75) is 12.1 Å². The van der Waals surface area contributed by atoms with Crippen molar-refractivity contribution in [1.82, 2.24) is 19.7 Å². The number of nitrogens with zero attached hydrogens (tertiary/aromatic N) is 4. The third-order valence-electron chi connectivity index (χ3n) is 4.35. The number of furan rings is 1. The summed E-state index contributed by atoms with van der Waals surface area (Å²) in [5, 5.41) is 11.7. The summed E-state index contributed by atoms with van der Waals surface area (Å²) in [5.74, 6) is -0.172. The number of thiophene rings is 1. The van der Waals surface area contributed by atoms with Gasteiger partial charge >= 0.3 is 5.97 Å². The number of amides is 2. The van der Waals surface area contributed by atoms with Crippen LogP contribution in [0.4, 0.5) is 5.00 Å². The number of carbonyl (C=O) groups excluding carboxylic acids is 3. The summed E-state index contributed by atoms with van der Waals surface area (Å²) in [7, 11) is 6.25. The van der Waals surface area contributed by atoms with Gasteiger partial charge in [-0.1, -0.05) is 11.8 Å². The van der Waals surface area contributed by atoms with Crippen molar-refractivity contribution in [3.05, 3.63) is 32.8 Å². The number of ether oxygens (including phenoxy) is 1. The summed E-state index contributed by atoms with van der Waals surface area (Å²) in [6, 6.07) is 3.51. The van der Waals surface area contributed by atoms with Crippen LogP contribution in [0.25, 0.3) is 11.6 Å². The fourth-order valence-electron chi connectivity index (χ4n) is 2.74. The normalized spacial score (nSPS) is 10.8. The molecule has 0 aliphatic heterocycles. The van der Waals surface area contributed by atoms with Crippen molar-refractivity contribution in [2.75, 3.05) is 32.3 Å². The van der Waals surface area contributed by atoms with E-state index in [1.165, 1.54) is 23.8 Å². The minimum atomic E-state index is -0.623. The zero-order chi connectivity index (χ0) is 23.6. The molecule has 0 aliphatic carbocycles. The predicted molar refractivity (Wildman–Crippen MR) is 124 cm³/mol. The molecule has 3 heterocycles. The van der Waals surface area contributed by atoms with Crippen LogP contribution in [0, 0.1) is 6.92 Å². The first-order chi connectivity index (χ1) is 15.1. The number of thioether (sulfide) groups is 1. The second kappa shape index (κ2) is 9.88. The van der Waals surface area contributed by atoms with E-state index in [9.17, 15) is 14.4 Å². The molecular formula is C19H20BrN5O5S2. The Morgan fingerprint density at radius 1 is 1.31 bits per heavy atom. The van der Waals surface area contributed by atoms with Gasteiger partial charge < -0.3 is 23.9 Å². The van der Waals surface area contributed by atoms with Gasteiger partial charge in [0.25, 0.3) is 5.91 Å². The van der Waals surface area contributed by atoms with Crippen LogP contribution in [-0.4, -0.2) is 64.4 Å². The van der Waals surface area contributed by atoms with E-state index in [-0.39, 0.29) is 28.1 Å². The smallest absolute Gasteiger partial charge is 0.341 e. The number of carbonyl (C=O) groups is 3. The molecule has 3 aromatic rings. The van der Waals surface area contributed by atoms with Gasteiger partial charge in [0, 0.05) is 21.1 Å². The van der Waals surface area contributed by atoms with Gasteiger partial charge in [-0.05, 0) is 40.5 Å². The molecule has 2 amide bonds. The highest BCUT2D eigenvalue weighted by Crippen LogP contribution is 2.34. The maximum Gasteiger partial charge on any atom is 0.341 e. The Balaban J connectivity index is 1.75. The molecular weight excluding hydrogens is 522 g/mol. The van der Waals surface area contributed by atoms with Crippen LogP contribution in [0.1, 0.15) is 25.6 Å². The Morgan fingerprint density at radius 2 is 2.03 bits per heavy atom. The second-order valence-electron chi connectivity index (χ2n) is 6.76. The molecule has 1 N–H and O–H groups in total. The number of nitrogens with one attached hydrogen (secondary N) is 1. The Bertz CT molecular complexity index is 1180. The van der Waals surface area contributed by atoms with Crippen LogP contribution in [0.2, 0.25) is 0 Å². The largest absolute Gasteiger partial charge is 0.465 e. The van der Waals surface area contributed by atoms with E-state index in [0.717, 1.165) is 11.3 Å². The van der Waals surface area contributed by atoms with Crippen molar-refractivity contribution in [2.24, 2.45) is 7.05 Å². The molecule has 0 aromatic carbocycles. The van der Waals surface area contributed by atoms with E-state index >= 15 is 0 Å². The minimum absolute atomic E-state index is 0.0162. The number of hydrogen-bond acceptors (Lipinski definition) is 9. The number of methoxy groups -OCH3 is 1. The van der Waals surface area contributed by atoms with Crippen molar-refractivity contribution in [3.8, 4) is 11.6 Å². The first kappa shape index (κ1) is 24.0. The third kappa shape index (κ3) is 4.89. The molecule has 3 aromatic heterocycles. The highest BCUT2D eigenvalue weighted by atomic mass is 79.9. The quantitative estimate of drug-likeness (QED) is 0.356. The Hall–Kier alpha value is -2.64. The van der Waals surface area contributed by atoms with E-state index in [1.807, 2.05) is 0 Å². The molecule has 0 spiro atoms. The lowest BCUT2D eigenvalue weighted by Gasteiger charge is -2.08. The average molecular weight is 542 g/mol. The summed E-state index contributed by atoms with van der Waals surface area (Å²) < 4.78 is 12.6. The lowest BCUT2D eigenvalue weighted by molar-refractivity contribution is -0.113. The summed E-state index contributed by atoms with van der Waals surface area (Å²) >= 11 is 5.46. The van der Waals surface area contributed by atoms with Crippen LogP contribution >= 0.6 is 39.0 Å². The standard InChI is InChI=1S/C19H20BrN5O5S2/c1-9-13(18(28)29-5)16(32-14(9)17(27)24(2)3)21-12(26)8-31-19-23-22-15(25(19)4)10-6-7-11(20)30-10/h6-7H,8H2,1-5H3,(H,21,26). The number of esters is 1. The lowest BCUT2D eigenvalue weighted by Crippen LogP contribution is -2.21. The van der Waals surface area contributed by atoms with E-state index in [1.54, 1.807) is 44.8 Å². The van der Waals surface area contributed by atoms with Crippen LogP contribution in [0.3, 0.4) is 0 Å². The zero-order valence-corrected chi connectivity index (χ0v) is 21.1. The maximum absolute atomic E-state index is 12.6. The minimum Gasteiger partial charge on any atom is -0.465 e. The molecule has 0 saturated carbocycles. The van der Waals surface area contributed by atoms with Gasteiger partial charge in [0.1, 0.15) is 5.00 Å². The van der Waals surface area contributed by atoms with Gasteiger partial charge in [-0.25, -0.2) is 4.79 Å². The summed E-state index contributed by atoms with van der Waals surface area (Å²) in [6.07, 6.45) is 0. The molecule has 13 heteroatoms. The van der Waals surface area contributed by atoms with Gasteiger partial charge in [-0.3, -0.25) is 9.59 Å². The maximum atomic E-state index is 12.6. The lowest BCUT2D eigenvalue weighted by atomic mass is 10.1. The molecule has 10 nitrogen and oxygen atoms in total. The van der Waals surface area contributed by atoms with Crippen molar-refractivity contribution in [1.29, 1.82) is 0 Å². The number of rotatable bonds is 7. The predicted octanol–water partition coefficient (Wildman–Crippen LogP) is 3.43. The zero-order valence-electron chi connectivity index (χ0n) is 17.9. The molecule has 0 radical (unpaired) electrons. The Labute approximate surface area is 200 Å². The third-order valence-corrected chi connectivity index (χ3v) is 6.99. The van der Waals surface area contributed by atoms with Crippen LogP contribution in [0.15, 0.2) is 26.4 Å². The first-order valence-corrected chi connectivity index (χ1v) is 11.7. The topological polar surface area (TPSA) is 120 Å². The monoisotopic (exact) mass is 541 g/mol. The van der Waals surface area contributed by atoms with Gasteiger partial charge in [0.2, 0.25) is 5.91 Å². The molecule has 0 unspecified atom stereocenters. The molecule has 0 atom stereocenters. The molecule has 32 heavy (non-hydrogen) atoms. The Kier molecular flexibility index (Phi) is 7.41. The van der Waals surface area contributed by atoms with Crippen LogP contribution in [-0.2, 0) is 16.6 Å². The van der Waals surface area contributed by atoms with Gasteiger partial charge in [0.15, 0.2) is 21.4 Å². The van der Waals surface area contributed by atoms with E-state index in [4.69, 9.17) is 9.15 Å². The molecule has 170 valence electrons. The fraction of sp³-hybridized carbons (Fsp3) is 0.316. The van der Waals surface area contributed by atoms with Gasteiger partial charge in [-0.15, -0.1) is 21.5 Å². The number of aromatic nitrogens is 3. The first-order valence-electron chi connectivity index (χ1n) is 9.15. The van der Waals surface area contributed by atoms with Crippen molar-refractivity contribution in [3.63, 3.8) is 0 Å². The second-order valence-corrected chi connectivity index (χ2v) is 9.50. The molecule has 0 saturated heterocycles. The van der Waals surface area contributed by atoms with E-state index in [2.05, 4.69) is 31.4 Å². The molecule has 3 rings (SSSR count). The van der Waals surface area contributed by atoms with Gasteiger partial charge in [0.05, 0.1) is 23.3 Å². The van der Waals surface area contributed by atoms with Crippen molar-refractivity contribution >= 4 is 61.8 Å². The Morgan fingerprint density at radius 3 is 2.62 bits per heavy atom. The van der Waals surface area contributed by atoms with E-state index < -0.39 is 5.97 Å². The van der Waals surface area contributed by atoms with Crippen LogP contribution < -0.4 is 5.32 Å². The summed E-state index contributed by atoms with van der Waals surface area (Å²) in [5.41, 5.74) is 0.636. The highest BCUT2D eigenvalue weighted by Gasteiger charge is 2.27. The SMILES string of the molecule is COC(=O)c1c(NC(=O)CSc2nnc(-c3ccc(Br)o3)n2C)sc(C(=O)N(C)C)c1C. The number of halogens is 1. The number of anilines is 1. The molecule has 0 bridgehead atoms. The van der Waals surface area contributed by atoms with Gasteiger partial charge in [-0.2, -0.15) is 0 Å². The highest BCUT2D eigenvalue weighted by molar-refractivity contribution is 9.10. The number of hydrogen-bond donors (Lipinski definition) is 1. The van der Waals surface area contributed by atoms with Crippen LogP contribution in [0.5, 0.6) is 0 Å². The molecule has 0 fully saturated rings. The molecule has 0 aliphatic rings. The summed E-state index contributed by atoms with van der Waals surface area (Å²) in [6.45, 7) is 1.65. The van der Waals surface area contributed by atoms with E-state index in [0.29, 0.717) is 31.9 Å².